The molecule has 0 N–H and O–H groups in total. The fourth-order valence-electron chi connectivity index (χ4n) is 2.42. The molecule has 2 rings (SSSR count). The standard InChI is InChI=1S/C15H18O3/c1-17-12-9-7-11(8-10-12)13-5-3-4-6-14(13)15(16)18-2/h3,5,7-10,13-14H,4,6H2,1-2H3/t13-,14+/m0/s1. The third-order valence-electron chi connectivity index (χ3n) is 3.43. The van der Waals surface area contributed by atoms with Crippen molar-refractivity contribution in [2.45, 2.75) is 18.8 Å². The summed E-state index contributed by atoms with van der Waals surface area (Å²) in [5.41, 5.74) is 1.13. The van der Waals surface area contributed by atoms with Crippen LogP contribution in [0, 0.1) is 5.92 Å². The average molecular weight is 246 g/mol. The maximum Gasteiger partial charge on any atom is 0.309 e. The first-order chi connectivity index (χ1) is 8.76. The van der Waals surface area contributed by atoms with Crippen molar-refractivity contribution in [1.29, 1.82) is 0 Å². The van der Waals surface area contributed by atoms with Gasteiger partial charge in [0.15, 0.2) is 0 Å². The third-order valence-corrected chi connectivity index (χ3v) is 3.43. The zero-order valence-corrected chi connectivity index (χ0v) is 10.8. The van der Waals surface area contributed by atoms with Gasteiger partial charge >= 0.3 is 5.97 Å². The van der Waals surface area contributed by atoms with E-state index in [4.69, 9.17) is 9.47 Å². The van der Waals surface area contributed by atoms with Crippen LogP contribution in [0.5, 0.6) is 5.75 Å². The zero-order chi connectivity index (χ0) is 13.0. The Morgan fingerprint density at radius 1 is 1.22 bits per heavy atom. The summed E-state index contributed by atoms with van der Waals surface area (Å²) in [5, 5.41) is 0. The number of carbonyl (C=O) groups is 1. The van der Waals surface area contributed by atoms with Gasteiger partial charge in [0.25, 0.3) is 0 Å². The summed E-state index contributed by atoms with van der Waals surface area (Å²) in [6.45, 7) is 0. The summed E-state index contributed by atoms with van der Waals surface area (Å²) < 4.78 is 10.0. The second-order valence-corrected chi connectivity index (χ2v) is 4.43. The quantitative estimate of drug-likeness (QED) is 0.607. The van der Waals surface area contributed by atoms with Crippen molar-refractivity contribution in [3.05, 3.63) is 42.0 Å². The van der Waals surface area contributed by atoms with Crippen molar-refractivity contribution in [1.82, 2.24) is 0 Å². The molecule has 0 unspecified atom stereocenters. The minimum absolute atomic E-state index is 0.0756. The van der Waals surface area contributed by atoms with Gasteiger partial charge in [-0.2, -0.15) is 0 Å². The molecule has 0 spiro atoms. The van der Waals surface area contributed by atoms with Crippen LogP contribution in [-0.2, 0) is 9.53 Å². The molecule has 0 aromatic heterocycles. The van der Waals surface area contributed by atoms with Gasteiger partial charge < -0.3 is 9.47 Å². The summed E-state index contributed by atoms with van der Waals surface area (Å²) in [4.78, 5) is 11.8. The van der Waals surface area contributed by atoms with Crippen LogP contribution < -0.4 is 4.74 Å². The molecule has 0 saturated carbocycles. The highest BCUT2D eigenvalue weighted by Crippen LogP contribution is 2.34. The molecular weight excluding hydrogens is 228 g/mol. The van der Waals surface area contributed by atoms with Gasteiger partial charge in [-0.3, -0.25) is 4.79 Å². The molecule has 1 aromatic carbocycles. The Hall–Kier alpha value is -1.77. The first-order valence-corrected chi connectivity index (χ1v) is 6.14. The van der Waals surface area contributed by atoms with Crippen molar-refractivity contribution < 1.29 is 14.3 Å². The van der Waals surface area contributed by atoms with Crippen molar-refractivity contribution in [2.75, 3.05) is 14.2 Å². The van der Waals surface area contributed by atoms with E-state index in [2.05, 4.69) is 12.2 Å². The molecule has 18 heavy (non-hydrogen) atoms. The van der Waals surface area contributed by atoms with Crippen LogP contribution in [0.1, 0.15) is 24.3 Å². The maximum absolute atomic E-state index is 11.8. The van der Waals surface area contributed by atoms with Crippen LogP contribution in [0.25, 0.3) is 0 Å². The smallest absolute Gasteiger partial charge is 0.309 e. The third kappa shape index (κ3) is 2.55. The van der Waals surface area contributed by atoms with Gasteiger partial charge in [-0.05, 0) is 30.5 Å². The highest BCUT2D eigenvalue weighted by molar-refractivity contribution is 5.74. The topological polar surface area (TPSA) is 35.5 Å². The number of hydrogen-bond acceptors (Lipinski definition) is 3. The molecule has 1 aliphatic carbocycles. The monoisotopic (exact) mass is 246 g/mol. The summed E-state index contributed by atoms with van der Waals surface area (Å²) in [6, 6.07) is 7.86. The van der Waals surface area contributed by atoms with E-state index >= 15 is 0 Å². The highest BCUT2D eigenvalue weighted by Gasteiger charge is 2.30. The van der Waals surface area contributed by atoms with Crippen molar-refractivity contribution >= 4 is 5.97 Å². The van der Waals surface area contributed by atoms with Crippen molar-refractivity contribution in [3.8, 4) is 5.75 Å². The van der Waals surface area contributed by atoms with Crippen molar-refractivity contribution in [3.63, 3.8) is 0 Å². The van der Waals surface area contributed by atoms with Crippen LogP contribution in [0.4, 0.5) is 0 Å². The fraction of sp³-hybridized carbons (Fsp3) is 0.400. The second kappa shape index (κ2) is 5.71. The normalized spacial score (nSPS) is 22.6. The Morgan fingerprint density at radius 2 is 1.94 bits per heavy atom. The molecule has 0 aliphatic heterocycles. The molecule has 3 heteroatoms. The van der Waals surface area contributed by atoms with Gasteiger partial charge in [0.05, 0.1) is 20.1 Å². The Bertz CT molecular complexity index is 434. The SMILES string of the molecule is COC(=O)[C@@H]1CCC=C[C@H]1c1ccc(OC)cc1. The Kier molecular flexibility index (Phi) is 4.03. The van der Waals surface area contributed by atoms with E-state index in [-0.39, 0.29) is 17.8 Å². The first kappa shape index (κ1) is 12.7. The number of rotatable bonds is 3. The molecule has 0 fully saturated rings. The number of ether oxygens (including phenoxy) is 2. The highest BCUT2D eigenvalue weighted by atomic mass is 16.5. The van der Waals surface area contributed by atoms with Crippen molar-refractivity contribution in [2.24, 2.45) is 5.92 Å². The second-order valence-electron chi connectivity index (χ2n) is 4.43. The van der Waals surface area contributed by atoms with Gasteiger partial charge in [0, 0.05) is 5.92 Å². The van der Waals surface area contributed by atoms with E-state index in [1.54, 1.807) is 7.11 Å². The van der Waals surface area contributed by atoms with Gasteiger partial charge in [0.2, 0.25) is 0 Å². The lowest BCUT2D eigenvalue weighted by molar-refractivity contribution is -0.146. The lowest BCUT2D eigenvalue weighted by atomic mass is 9.79. The number of allylic oxidation sites excluding steroid dienone is 2. The number of hydrogen-bond donors (Lipinski definition) is 0. The minimum atomic E-state index is -0.125. The Labute approximate surface area is 107 Å². The molecular formula is C15H18O3. The lowest BCUT2D eigenvalue weighted by Crippen LogP contribution is -2.24. The predicted molar refractivity (Wildman–Crippen MR) is 69.6 cm³/mol. The average Bonchev–Trinajstić information content (AvgIpc) is 2.46. The van der Waals surface area contributed by atoms with Gasteiger partial charge in [0.1, 0.15) is 5.75 Å². The van der Waals surface area contributed by atoms with Gasteiger partial charge in [-0.25, -0.2) is 0 Å². The number of methoxy groups -OCH3 is 2. The summed E-state index contributed by atoms with van der Waals surface area (Å²) >= 11 is 0. The fourth-order valence-corrected chi connectivity index (χ4v) is 2.42. The van der Waals surface area contributed by atoms with Gasteiger partial charge in [-0.15, -0.1) is 0 Å². The van der Waals surface area contributed by atoms with Crippen LogP contribution in [-0.4, -0.2) is 20.2 Å². The van der Waals surface area contributed by atoms with Gasteiger partial charge in [-0.1, -0.05) is 24.3 Å². The zero-order valence-electron chi connectivity index (χ0n) is 10.8. The van der Waals surface area contributed by atoms with Crippen LogP contribution in [0.15, 0.2) is 36.4 Å². The van der Waals surface area contributed by atoms with Crippen LogP contribution in [0.2, 0.25) is 0 Å². The maximum atomic E-state index is 11.8. The Balaban J connectivity index is 2.24. The van der Waals surface area contributed by atoms with E-state index in [9.17, 15) is 4.79 Å². The Morgan fingerprint density at radius 3 is 2.56 bits per heavy atom. The molecule has 0 amide bonds. The number of esters is 1. The molecule has 1 aliphatic rings. The predicted octanol–water partition coefficient (Wildman–Crippen LogP) is 2.92. The van der Waals surface area contributed by atoms with E-state index in [0.717, 1.165) is 24.2 Å². The molecule has 96 valence electrons. The first-order valence-electron chi connectivity index (χ1n) is 6.14. The number of benzene rings is 1. The summed E-state index contributed by atoms with van der Waals surface area (Å²) in [5.74, 6) is 0.735. The van der Waals surface area contributed by atoms with E-state index in [0.29, 0.717) is 0 Å². The summed E-state index contributed by atoms with van der Waals surface area (Å²) in [7, 11) is 3.10. The van der Waals surface area contributed by atoms with E-state index in [1.807, 2.05) is 24.3 Å². The molecule has 3 nitrogen and oxygen atoms in total. The molecule has 0 heterocycles. The lowest BCUT2D eigenvalue weighted by Gasteiger charge is -2.25. The number of carbonyl (C=O) groups excluding carboxylic acids is 1. The molecule has 0 bridgehead atoms. The largest absolute Gasteiger partial charge is 0.497 e. The molecule has 0 radical (unpaired) electrons. The molecule has 2 atom stereocenters. The molecule has 0 saturated heterocycles. The van der Waals surface area contributed by atoms with Crippen LogP contribution >= 0.6 is 0 Å². The van der Waals surface area contributed by atoms with E-state index < -0.39 is 0 Å². The molecule has 1 aromatic rings. The summed E-state index contributed by atoms with van der Waals surface area (Å²) in [6.07, 6.45) is 6.02. The minimum Gasteiger partial charge on any atom is -0.497 e. The van der Waals surface area contributed by atoms with E-state index in [1.165, 1.54) is 7.11 Å². The van der Waals surface area contributed by atoms with Crippen LogP contribution in [0.3, 0.4) is 0 Å².